The van der Waals surface area contributed by atoms with Gasteiger partial charge in [0.15, 0.2) is 5.82 Å². The van der Waals surface area contributed by atoms with Gasteiger partial charge in [0.1, 0.15) is 6.54 Å². The monoisotopic (exact) mass is 289 g/mol. The molecule has 3 N–H and O–H groups in total. The molecule has 2 heterocycles. The second-order valence-electron chi connectivity index (χ2n) is 5.02. The molecule has 1 fully saturated rings. The van der Waals surface area contributed by atoms with Crippen molar-refractivity contribution in [2.24, 2.45) is 5.92 Å². The number of nitrogens with zero attached hydrogens (tertiary/aromatic N) is 4. The first-order valence-electron chi connectivity index (χ1n) is 6.62. The van der Waals surface area contributed by atoms with Gasteiger partial charge >= 0.3 is 0 Å². The minimum Gasteiger partial charge on any atom is -0.322 e. The Hall–Kier alpha value is -2.71. The van der Waals surface area contributed by atoms with Crippen molar-refractivity contribution in [3.05, 3.63) is 18.1 Å². The normalized spacial score (nSPS) is 14.0. The third-order valence-electron chi connectivity index (χ3n) is 3.15. The van der Waals surface area contributed by atoms with E-state index in [0.29, 0.717) is 11.5 Å². The van der Waals surface area contributed by atoms with Crippen LogP contribution in [0, 0.1) is 12.8 Å². The van der Waals surface area contributed by atoms with Crippen molar-refractivity contribution >= 4 is 23.3 Å². The van der Waals surface area contributed by atoms with Gasteiger partial charge in [0.25, 0.3) is 0 Å². The Balaban J connectivity index is 1.55. The topological polar surface area (TPSA) is 118 Å². The van der Waals surface area contributed by atoms with Crippen LogP contribution in [0.2, 0.25) is 0 Å². The summed E-state index contributed by atoms with van der Waals surface area (Å²) in [4.78, 5) is 23.4. The van der Waals surface area contributed by atoms with E-state index in [1.165, 1.54) is 17.1 Å². The van der Waals surface area contributed by atoms with Crippen molar-refractivity contribution in [1.82, 2.24) is 25.2 Å². The standard InChI is InChI=1S/C12H15N7O2/c1-7-9(4-13-16-7)14-11(20)6-19-5-10(17-18-19)15-12(21)8-2-3-8/h4-5,8H,2-3,6H2,1H3,(H,13,16)(H,14,20)(H,15,21). The van der Waals surface area contributed by atoms with Crippen LogP contribution in [-0.4, -0.2) is 37.0 Å². The molecule has 0 spiro atoms. The van der Waals surface area contributed by atoms with E-state index >= 15 is 0 Å². The lowest BCUT2D eigenvalue weighted by Gasteiger charge is -2.03. The third kappa shape index (κ3) is 3.25. The van der Waals surface area contributed by atoms with Crippen LogP contribution in [0.5, 0.6) is 0 Å². The molecular formula is C12H15N7O2. The lowest BCUT2D eigenvalue weighted by Crippen LogP contribution is -2.19. The highest BCUT2D eigenvalue weighted by Gasteiger charge is 2.30. The lowest BCUT2D eigenvalue weighted by atomic mass is 10.4. The van der Waals surface area contributed by atoms with E-state index in [2.05, 4.69) is 31.1 Å². The van der Waals surface area contributed by atoms with Gasteiger partial charge < -0.3 is 10.6 Å². The third-order valence-corrected chi connectivity index (χ3v) is 3.15. The van der Waals surface area contributed by atoms with Crippen LogP contribution in [0.25, 0.3) is 0 Å². The fourth-order valence-corrected chi connectivity index (χ4v) is 1.82. The Labute approximate surface area is 120 Å². The fourth-order valence-electron chi connectivity index (χ4n) is 1.82. The Bertz CT molecular complexity index is 671. The van der Waals surface area contributed by atoms with Crippen LogP contribution in [0.4, 0.5) is 11.5 Å². The van der Waals surface area contributed by atoms with Crippen molar-refractivity contribution in [2.75, 3.05) is 10.6 Å². The zero-order chi connectivity index (χ0) is 14.8. The summed E-state index contributed by atoms with van der Waals surface area (Å²) >= 11 is 0. The van der Waals surface area contributed by atoms with Gasteiger partial charge in [-0.1, -0.05) is 5.21 Å². The molecule has 9 heteroatoms. The molecule has 0 unspecified atom stereocenters. The summed E-state index contributed by atoms with van der Waals surface area (Å²) in [5.74, 6) is 0.173. The average molecular weight is 289 g/mol. The molecule has 3 rings (SSSR count). The van der Waals surface area contributed by atoms with Crippen LogP contribution in [0.15, 0.2) is 12.4 Å². The summed E-state index contributed by atoms with van der Waals surface area (Å²) in [6.07, 6.45) is 4.91. The number of rotatable bonds is 5. The van der Waals surface area contributed by atoms with Gasteiger partial charge in [0, 0.05) is 5.92 Å². The number of anilines is 2. The quantitative estimate of drug-likeness (QED) is 0.731. The Morgan fingerprint density at radius 2 is 2.24 bits per heavy atom. The Kier molecular flexibility index (Phi) is 3.38. The molecule has 1 aliphatic carbocycles. The smallest absolute Gasteiger partial charge is 0.246 e. The summed E-state index contributed by atoms with van der Waals surface area (Å²) in [7, 11) is 0. The van der Waals surface area contributed by atoms with Gasteiger partial charge in [-0.25, -0.2) is 4.68 Å². The van der Waals surface area contributed by atoms with E-state index in [1.807, 2.05) is 6.92 Å². The molecule has 0 radical (unpaired) electrons. The molecule has 2 aromatic heterocycles. The molecular weight excluding hydrogens is 274 g/mol. The predicted octanol–water partition coefficient (Wildman–Crippen LogP) is 0.297. The van der Waals surface area contributed by atoms with Crippen molar-refractivity contribution in [3.63, 3.8) is 0 Å². The highest BCUT2D eigenvalue weighted by atomic mass is 16.2. The number of amides is 2. The largest absolute Gasteiger partial charge is 0.322 e. The number of carbonyl (C=O) groups is 2. The SMILES string of the molecule is Cc1[nH]ncc1NC(=O)Cn1cc(NC(=O)C2CC2)nn1. The molecule has 21 heavy (non-hydrogen) atoms. The molecule has 9 nitrogen and oxygen atoms in total. The summed E-state index contributed by atoms with van der Waals surface area (Å²) in [5.41, 5.74) is 1.40. The van der Waals surface area contributed by atoms with Gasteiger partial charge in [-0.05, 0) is 19.8 Å². The first-order valence-corrected chi connectivity index (χ1v) is 6.62. The maximum Gasteiger partial charge on any atom is 0.246 e. The van der Waals surface area contributed by atoms with E-state index < -0.39 is 0 Å². The number of hydrogen-bond donors (Lipinski definition) is 3. The average Bonchev–Trinajstić information content (AvgIpc) is 3.10. The van der Waals surface area contributed by atoms with Crippen LogP contribution in [0.1, 0.15) is 18.5 Å². The van der Waals surface area contributed by atoms with Crippen LogP contribution in [0.3, 0.4) is 0 Å². The maximum atomic E-state index is 11.9. The van der Waals surface area contributed by atoms with E-state index in [0.717, 1.165) is 18.5 Å². The zero-order valence-corrected chi connectivity index (χ0v) is 11.5. The first kappa shape index (κ1) is 13.3. The number of hydrogen-bond acceptors (Lipinski definition) is 5. The van der Waals surface area contributed by atoms with E-state index in [9.17, 15) is 9.59 Å². The minimum absolute atomic E-state index is 0.0108. The molecule has 1 aliphatic rings. The molecule has 0 aromatic carbocycles. The molecule has 2 aromatic rings. The van der Waals surface area contributed by atoms with Gasteiger partial charge in [-0.15, -0.1) is 5.10 Å². The van der Waals surface area contributed by atoms with E-state index in [-0.39, 0.29) is 24.3 Å². The summed E-state index contributed by atoms with van der Waals surface area (Å²) in [5, 5.41) is 19.6. The van der Waals surface area contributed by atoms with E-state index in [4.69, 9.17) is 0 Å². The van der Waals surface area contributed by atoms with Crippen LogP contribution < -0.4 is 10.6 Å². The summed E-state index contributed by atoms with van der Waals surface area (Å²) < 4.78 is 1.37. The highest BCUT2D eigenvalue weighted by molar-refractivity contribution is 5.93. The highest BCUT2D eigenvalue weighted by Crippen LogP contribution is 2.29. The number of H-pyrrole nitrogens is 1. The van der Waals surface area contributed by atoms with Crippen molar-refractivity contribution in [3.8, 4) is 0 Å². The maximum absolute atomic E-state index is 11.9. The summed E-state index contributed by atoms with van der Waals surface area (Å²) in [6.45, 7) is 1.82. The fraction of sp³-hybridized carbons (Fsp3) is 0.417. The zero-order valence-electron chi connectivity index (χ0n) is 11.5. The van der Waals surface area contributed by atoms with Crippen molar-refractivity contribution < 1.29 is 9.59 Å². The summed E-state index contributed by atoms with van der Waals surface area (Å²) in [6, 6.07) is 0. The Morgan fingerprint density at radius 1 is 1.43 bits per heavy atom. The van der Waals surface area contributed by atoms with Gasteiger partial charge in [-0.3, -0.25) is 14.7 Å². The van der Waals surface area contributed by atoms with Crippen LogP contribution >= 0.6 is 0 Å². The molecule has 110 valence electrons. The lowest BCUT2D eigenvalue weighted by molar-refractivity contribution is -0.117. The van der Waals surface area contributed by atoms with Crippen molar-refractivity contribution in [1.29, 1.82) is 0 Å². The Morgan fingerprint density at radius 3 is 2.90 bits per heavy atom. The molecule has 0 saturated heterocycles. The number of aromatic nitrogens is 5. The number of aromatic amines is 1. The molecule has 0 atom stereocenters. The first-order chi connectivity index (χ1) is 10.1. The minimum atomic E-state index is -0.246. The second-order valence-corrected chi connectivity index (χ2v) is 5.02. The number of nitrogens with one attached hydrogen (secondary N) is 3. The number of carbonyl (C=O) groups excluding carboxylic acids is 2. The molecule has 1 saturated carbocycles. The van der Waals surface area contributed by atoms with Crippen LogP contribution in [-0.2, 0) is 16.1 Å². The molecule has 2 amide bonds. The predicted molar refractivity (Wildman–Crippen MR) is 73.3 cm³/mol. The number of aryl methyl sites for hydroxylation is 1. The second kappa shape index (κ2) is 5.35. The van der Waals surface area contributed by atoms with E-state index in [1.54, 1.807) is 0 Å². The molecule has 0 bridgehead atoms. The van der Waals surface area contributed by atoms with Gasteiger partial charge in [-0.2, -0.15) is 5.10 Å². The molecule has 0 aliphatic heterocycles. The van der Waals surface area contributed by atoms with Crippen molar-refractivity contribution in [2.45, 2.75) is 26.3 Å². The van der Waals surface area contributed by atoms with Gasteiger partial charge in [0.05, 0.1) is 23.8 Å². The van der Waals surface area contributed by atoms with Gasteiger partial charge in [0.2, 0.25) is 11.8 Å².